The molecule has 12 heavy (non-hydrogen) atoms. The summed E-state index contributed by atoms with van der Waals surface area (Å²) < 4.78 is 0. The summed E-state index contributed by atoms with van der Waals surface area (Å²) in [7, 11) is 0. The van der Waals surface area contributed by atoms with Gasteiger partial charge in [-0.15, -0.1) is 0 Å². The minimum Gasteiger partial charge on any atom is -0.410 e. The molecular formula is C8H7N3O. The van der Waals surface area contributed by atoms with E-state index in [0.717, 1.165) is 11.3 Å². The smallest absolute Gasteiger partial charge is 0.113 e. The molecule has 0 bridgehead atoms. The summed E-state index contributed by atoms with van der Waals surface area (Å²) in [5.74, 6) is 0. The molecule has 0 saturated carbocycles. The van der Waals surface area contributed by atoms with Crippen LogP contribution in [0.5, 0.6) is 0 Å². The van der Waals surface area contributed by atoms with Crippen molar-refractivity contribution in [1.82, 2.24) is 9.97 Å². The molecule has 0 radical (unpaired) electrons. The van der Waals surface area contributed by atoms with Crippen LogP contribution in [0.15, 0.2) is 35.9 Å². The first-order valence-corrected chi connectivity index (χ1v) is 3.51. The molecule has 0 atom stereocenters. The van der Waals surface area contributed by atoms with Crippen LogP contribution in [-0.4, -0.2) is 15.2 Å². The monoisotopic (exact) mass is 161 g/mol. The fourth-order valence-electron chi connectivity index (χ4n) is 1.12. The zero-order chi connectivity index (χ0) is 8.39. The van der Waals surface area contributed by atoms with Gasteiger partial charge < -0.3 is 10.2 Å². The van der Waals surface area contributed by atoms with Crippen molar-refractivity contribution in [3.8, 4) is 11.3 Å². The van der Waals surface area contributed by atoms with Crippen molar-refractivity contribution in [3.63, 3.8) is 0 Å². The molecule has 2 rings (SSSR count). The van der Waals surface area contributed by atoms with Gasteiger partial charge in [0, 0.05) is 11.8 Å². The minimum atomic E-state index is 0.525. The predicted octanol–water partition coefficient (Wildman–Crippen LogP) is 0.804. The van der Waals surface area contributed by atoms with Gasteiger partial charge in [0.15, 0.2) is 0 Å². The van der Waals surface area contributed by atoms with Gasteiger partial charge in [-0.3, -0.25) is 0 Å². The van der Waals surface area contributed by atoms with Gasteiger partial charge in [0.25, 0.3) is 0 Å². The molecule has 0 aromatic carbocycles. The van der Waals surface area contributed by atoms with Crippen molar-refractivity contribution in [2.24, 2.45) is 5.16 Å². The summed E-state index contributed by atoms with van der Waals surface area (Å²) in [4.78, 5) is 6.84. The lowest BCUT2D eigenvalue weighted by Crippen LogP contribution is -2.07. The number of hydrogen-bond acceptors (Lipinski definition) is 3. The highest BCUT2D eigenvalue weighted by Crippen LogP contribution is 2.10. The SMILES string of the molecule is ON=c1cccc2[nH]cncc1-2. The number of nitrogens with one attached hydrogen (secondary N) is 1. The third kappa shape index (κ3) is 0.934. The number of aromatic amines is 1. The van der Waals surface area contributed by atoms with E-state index < -0.39 is 0 Å². The van der Waals surface area contributed by atoms with Gasteiger partial charge in [0.05, 0.1) is 12.0 Å². The summed E-state index contributed by atoms with van der Waals surface area (Å²) in [5.41, 5.74) is 1.71. The molecule has 60 valence electrons. The number of hydrogen-bond donors (Lipinski definition) is 2. The van der Waals surface area contributed by atoms with Gasteiger partial charge in [-0.2, -0.15) is 0 Å². The summed E-state index contributed by atoms with van der Waals surface area (Å²) in [6.45, 7) is 0. The van der Waals surface area contributed by atoms with E-state index >= 15 is 0 Å². The molecule has 1 heterocycles. The lowest BCUT2D eigenvalue weighted by Gasteiger charge is -2.01. The second-order valence-corrected chi connectivity index (χ2v) is 2.39. The van der Waals surface area contributed by atoms with Crippen LogP contribution in [0.1, 0.15) is 0 Å². The van der Waals surface area contributed by atoms with Crippen molar-refractivity contribution < 1.29 is 5.21 Å². The predicted molar refractivity (Wildman–Crippen MR) is 42.6 cm³/mol. The van der Waals surface area contributed by atoms with Crippen LogP contribution in [0.3, 0.4) is 0 Å². The van der Waals surface area contributed by atoms with Crippen LogP contribution < -0.4 is 5.36 Å². The lowest BCUT2D eigenvalue weighted by atomic mass is 10.1. The quantitative estimate of drug-likeness (QED) is 0.443. The van der Waals surface area contributed by atoms with E-state index in [-0.39, 0.29) is 0 Å². The van der Waals surface area contributed by atoms with Crippen molar-refractivity contribution in [2.75, 3.05) is 0 Å². The Morgan fingerprint density at radius 1 is 1.42 bits per heavy atom. The summed E-state index contributed by atoms with van der Waals surface area (Å²) >= 11 is 0. The van der Waals surface area contributed by atoms with E-state index in [1.54, 1.807) is 18.6 Å². The molecule has 0 spiro atoms. The number of fused-ring (bicyclic) bond motifs is 1. The molecule has 0 unspecified atom stereocenters. The maximum atomic E-state index is 8.62. The number of benzene rings is 1. The number of rotatable bonds is 0. The fourth-order valence-corrected chi connectivity index (χ4v) is 1.12. The molecule has 0 aromatic heterocycles. The Kier molecular flexibility index (Phi) is 1.51. The summed E-state index contributed by atoms with van der Waals surface area (Å²) in [6.07, 6.45) is 3.24. The van der Waals surface area contributed by atoms with Crippen LogP contribution in [0.4, 0.5) is 0 Å². The summed E-state index contributed by atoms with van der Waals surface area (Å²) in [5, 5.41) is 12.3. The molecule has 1 aliphatic carbocycles. The Morgan fingerprint density at radius 2 is 2.33 bits per heavy atom. The molecule has 4 nitrogen and oxygen atoms in total. The highest BCUT2D eigenvalue weighted by molar-refractivity contribution is 5.57. The van der Waals surface area contributed by atoms with Crippen molar-refractivity contribution in [3.05, 3.63) is 36.1 Å². The topological polar surface area (TPSA) is 61.3 Å². The Hall–Kier alpha value is -1.84. The zero-order valence-electron chi connectivity index (χ0n) is 6.23. The Balaban J connectivity index is 2.87. The van der Waals surface area contributed by atoms with E-state index in [2.05, 4.69) is 15.1 Å². The van der Waals surface area contributed by atoms with Crippen LogP contribution in [0, 0.1) is 0 Å². The van der Waals surface area contributed by atoms with E-state index in [4.69, 9.17) is 5.21 Å². The van der Waals surface area contributed by atoms with Crippen LogP contribution in [0.2, 0.25) is 0 Å². The van der Waals surface area contributed by atoms with Gasteiger partial charge >= 0.3 is 0 Å². The normalized spacial score (nSPS) is 12.2. The minimum absolute atomic E-state index is 0.525. The van der Waals surface area contributed by atoms with Crippen molar-refractivity contribution >= 4 is 0 Å². The molecule has 0 amide bonds. The third-order valence-corrected chi connectivity index (χ3v) is 1.69. The molecule has 4 heteroatoms. The third-order valence-electron chi connectivity index (χ3n) is 1.69. The molecule has 2 N–H and O–H groups in total. The van der Waals surface area contributed by atoms with Crippen LogP contribution >= 0.6 is 0 Å². The average molecular weight is 161 g/mol. The first kappa shape index (κ1) is 6.84. The molecule has 0 aromatic rings. The second-order valence-electron chi connectivity index (χ2n) is 2.39. The fraction of sp³-hybridized carbons (Fsp3) is 0. The Labute approximate surface area is 68.6 Å². The van der Waals surface area contributed by atoms with Gasteiger partial charge in [-0.25, -0.2) is 4.98 Å². The zero-order valence-corrected chi connectivity index (χ0v) is 6.23. The maximum absolute atomic E-state index is 8.62. The highest BCUT2D eigenvalue weighted by atomic mass is 16.4. The maximum Gasteiger partial charge on any atom is 0.113 e. The van der Waals surface area contributed by atoms with Gasteiger partial charge in [0.1, 0.15) is 5.36 Å². The molecule has 0 fully saturated rings. The van der Waals surface area contributed by atoms with E-state index in [1.807, 2.05) is 12.1 Å². The molecular weight excluding hydrogens is 154 g/mol. The lowest BCUT2D eigenvalue weighted by molar-refractivity contribution is 0.302. The van der Waals surface area contributed by atoms with Crippen molar-refractivity contribution in [1.29, 1.82) is 0 Å². The molecule has 2 aliphatic rings. The number of H-pyrrole nitrogens is 1. The largest absolute Gasteiger partial charge is 0.410 e. The number of nitrogens with zero attached hydrogens (tertiary/aromatic N) is 2. The van der Waals surface area contributed by atoms with E-state index in [1.165, 1.54) is 0 Å². The Morgan fingerprint density at radius 3 is 3.17 bits per heavy atom. The summed E-state index contributed by atoms with van der Waals surface area (Å²) in [6, 6.07) is 5.43. The van der Waals surface area contributed by atoms with E-state index in [9.17, 15) is 0 Å². The Bertz CT molecular complexity index is 421. The average Bonchev–Trinajstić information content (AvgIpc) is 2.17. The first-order chi connectivity index (χ1) is 5.92. The highest BCUT2D eigenvalue weighted by Gasteiger charge is 2.01. The second kappa shape index (κ2) is 2.65. The molecule has 0 saturated heterocycles. The van der Waals surface area contributed by atoms with Crippen LogP contribution in [-0.2, 0) is 0 Å². The van der Waals surface area contributed by atoms with Gasteiger partial charge in [-0.1, -0.05) is 11.2 Å². The van der Waals surface area contributed by atoms with Gasteiger partial charge in [0.2, 0.25) is 0 Å². The molecule has 1 aliphatic heterocycles. The first-order valence-electron chi connectivity index (χ1n) is 3.51. The van der Waals surface area contributed by atoms with E-state index in [0.29, 0.717) is 5.36 Å². The van der Waals surface area contributed by atoms with Crippen LogP contribution in [0.25, 0.3) is 11.3 Å². The van der Waals surface area contributed by atoms with Gasteiger partial charge in [-0.05, 0) is 12.1 Å². The van der Waals surface area contributed by atoms with Crippen molar-refractivity contribution in [2.45, 2.75) is 0 Å². The standard InChI is InChI=1S/C8H7N3O/c12-11-8-3-1-2-7-6(8)4-9-5-10-7/h1-5,12H,(H,9,10). The number of aromatic nitrogens is 2.